The number of nitrogens with one attached hydrogen (secondary N) is 1. The molecular weight excluding hydrogens is 713 g/mol. The molecule has 55 heavy (non-hydrogen) atoms. The molecule has 0 bridgehead atoms. The van der Waals surface area contributed by atoms with Crippen molar-refractivity contribution in [3.05, 3.63) is 59.4 Å². The van der Waals surface area contributed by atoms with Gasteiger partial charge in [-0.05, 0) is 89.2 Å². The normalized spacial score (nSPS) is 22.5. The molecule has 15 heteroatoms. The highest BCUT2D eigenvalue weighted by atomic mass is 19.3. The number of hydrogen-bond acceptors (Lipinski definition) is 11. The lowest BCUT2D eigenvalue weighted by Crippen LogP contribution is -2.65. The molecule has 3 saturated heterocycles. The second-order valence-electron chi connectivity index (χ2n) is 16.7. The summed E-state index contributed by atoms with van der Waals surface area (Å²) in [4.78, 5) is 25.8. The molecule has 5 fully saturated rings. The van der Waals surface area contributed by atoms with Crippen molar-refractivity contribution in [1.29, 1.82) is 0 Å². The van der Waals surface area contributed by atoms with Crippen LogP contribution in [0.5, 0.6) is 17.4 Å². The fraction of sp³-hybridized carbons (Fsp3) is 0.625. The molecule has 1 aromatic carbocycles. The van der Waals surface area contributed by atoms with E-state index in [0.29, 0.717) is 23.5 Å². The van der Waals surface area contributed by atoms with Crippen LogP contribution in [-0.4, -0.2) is 112 Å². The first-order chi connectivity index (χ1) is 26.5. The van der Waals surface area contributed by atoms with Gasteiger partial charge in [0.2, 0.25) is 12.3 Å². The van der Waals surface area contributed by atoms with E-state index in [1.165, 1.54) is 42.9 Å². The van der Waals surface area contributed by atoms with E-state index in [1.54, 1.807) is 0 Å². The van der Waals surface area contributed by atoms with E-state index in [0.717, 1.165) is 96.1 Å². The van der Waals surface area contributed by atoms with Gasteiger partial charge in [-0.25, -0.2) is 18.2 Å². The lowest BCUT2D eigenvalue weighted by molar-refractivity contribution is -0.111. The van der Waals surface area contributed by atoms with Crippen LogP contribution in [0.25, 0.3) is 0 Å². The van der Waals surface area contributed by atoms with E-state index < -0.39 is 17.7 Å². The molecule has 1 amide bonds. The molecule has 3 aromatic rings. The van der Waals surface area contributed by atoms with Crippen LogP contribution in [0.3, 0.4) is 0 Å². The van der Waals surface area contributed by atoms with Crippen LogP contribution >= 0.6 is 0 Å². The van der Waals surface area contributed by atoms with E-state index in [4.69, 9.17) is 19.2 Å². The Balaban J connectivity index is 0.000000661. The molecule has 2 aromatic heterocycles. The van der Waals surface area contributed by atoms with Gasteiger partial charge in [0.05, 0.1) is 5.60 Å². The van der Waals surface area contributed by atoms with Gasteiger partial charge < -0.3 is 24.4 Å². The number of fused-ring (bicyclic) bond motifs is 1. The number of likely N-dealkylation sites (tertiary alicyclic amines) is 1. The van der Waals surface area contributed by atoms with Gasteiger partial charge >= 0.3 is 0 Å². The van der Waals surface area contributed by atoms with E-state index in [1.807, 2.05) is 26.1 Å². The topological polar surface area (TPSA) is 118 Å². The highest BCUT2D eigenvalue weighted by molar-refractivity contribution is 5.54. The van der Waals surface area contributed by atoms with Crippen molar-refractivity contribution in [3.63, 3.8) is 0 Å². The number of alkyl halides is 2. The minimum atomic E-state index is -2.73. The van der Waals surface area contributed by atoms with E-state index >= 15 is 0 Å². The van der Waals surface area contributed by atoms with Crippen molar-refractivity contribution in [2.24, 2.45) is 5.41 Å². The predicted molar refractivity (Wildman–Crippen MR) is 198 cm³/mol. The quantitative estimate of drug-likeness (QED) is 0.235. The van der Waals surface area contributed by atoms with Gasteiger partial charge in [-0.15, -0.1) is 10.2 Å². The number of halogens is 3. The molecule has 6 aliphatic rings. The molecule has 0 radical (unpaired) electrons. The van der Waals surface area contributed by atoms with Crippen LogP contribution in [-0.2, 0) is 22.5 Å². The number of amides is 1. The van der Waals surface area contributed by atoms with Crippen LogP contribution in [0, 0.1) is 11.2 Å². The summed E-state index contributed by atoms with van der Waals surface area (Å²) < 4.78 is 60.0. The van der Waals surface area contributed by atoms with Gasteiger partial charge in [-0.2, -0.15) is 0 Å². The third-order valence-electron chi connectivity index (χ3n) is 12.0. The first kappa shape index (κ1) is 37.8. The predicted octanol–water partition coefficient (Wildman–Crippen LogP) is 5.51. The van der Waals surface area contributed by atoms with E-state index in [2.05, 4.69) is 35.2 Å². The Morgan fingerprint density at radius 3 is 2.55 bits per heavy atom. The molecule has 2 saturated carbocycles. The fourth-order valence-electron chi connectivity index (χ4n) is 9.15. The number of pyridine rings is 1. The largest absolute Gasteiger partial charge is 0.490 e. The molecule has 2 spiro atoms. The lowest BCUT2D eigenvalue weighted by Gasteiger charge is -2.58. The zero-order valence-electron chi connectivity index (χ0n) is 31.7. The SMILES string of the molecule is CC(C)NC=O.Fc1ccc(Oc2nncnc2N2CC3(CC(Oc4ccnc5c4CN(CCCN4CC6(CCCO6)C4)CC5)C3)C2)c(C2CC(F)(F)C2)c1. The van der Waals surface area contributed by atoms with Crippen molar-refractivity contribution in [2.45, 2.75) is 101 Å². The van der Waals surface area contributed by atoms with Gasteiger partial charge in [-0.1, -0.05) is 0 Å². The summed E-state index contributed by atoms with van der Waals surface area (Å²) in [5, 5.41) is 10.6. The minimum absolute atomic E-state index is 0.129. The van der Waals surface area contributed by atoms with Crippen LogP contribution in [0.15, 0.2) is 36.8 Å². The molecule has 6 heterocycles. The Hall–Kier alpha value is -4.08. The number of anilines is 1. The van der Waals surface area contributed by atoms with Gasteiger partial charge in [-0.3, -0.25) is 19.6 Å². The minimum Gasteiger partial charge on any atom is -0.490 e. The van der Waals surface area contributed by atoms with Gasteiger partial charge in [0, 0.05) is 99.6 Å². The summed E-state index contributed by atoms with van der Waals surface area (Å²) >= 11 is 0. The molecule has 9 rings (SSSR count). The molecule has 296 valence electrons. The molecular formula is C40H51F3N8O4. The number of nitrogens with zero attached hydrogens (tertiary/aromatic N) is 7. The van der Waals surface area contributed by atoms with Crippen LogP contribution in [0.1, 0.15) is 81.5 Å². The second kappa shape index (κ2) is 15.5. The number of aromatic nitrogens is 4. The number of carbonyl (C=O) groups excluding carboxylic acids is 1. The summed E-state index contributed by atoms with van der Waals surface area (Å²) in [6.07, 6.45) is 9.84. The average Bonchev–Trinajstić information content (AvgIpc) is 3.59. The molecule has 0 atom stereocenters. The van der Waals surface area contributed by atoms with Crippen molar-refractivity contribution in [2.75, 3.05) is 57.3 Å². The van der Waals surface area contributed by atoms with E-state index in [9.17, 15) is 18.0 Å². The summed E-state index contributed by atoms with van der Waals surface area (Å²) in [6, 6.07) is 6.31. The van der Waals surface area contributed by atoms with Gasteiger partial charge in [0.1, 0.15) is 29.7 Å². The number of carbonyl (C=O) groups is 1. The molecule has 12 nitrogen and oxygen atoms in total. The molecule has 4 aliphatic heterocycles. The van der Waals surface area contributed by atoms with Crippen molar-refractivity contribution < 1.29 is 32.2 Å². The van der Waals surface area contributed by atoms with Crippen molar-refractivity contribution >= 4 is 12.2 Å². The number of rotatable bonds is 12. The summed E-state index contributed by atoms with van der Waals surface area (Å²) in [7, 11) is 0. The Kier molecular flexibility index (Phi) is 10.6. The highest BCUT2D eigenvalue weighted by Gasteiger charge is 2.55. The smallest absolute Gasteiger partial charge is 0.282 e. The third-order valence-corrected chi connectivity index (χ3v) is 12.0. The summed E-state index contributed by atoms with van der Waals surface area (Å²) in [5.74, 6) is -1.70. The van der Waals surface area contributed by atoms with Crippen molar-refractivity contribution in [3.8, 4) is 17.4 Å². The van der Waals surface area contributed by atoms with Crippen molar-refractivity contribution in [1.82, 2.24) is 35.3 Å². The zero-order chi connectivity index (χ0) is 38.2. The Bertz CT molecular complexity index is 1820. The first-order valence-corrected chi connectivity index (χ1v) is 19.7. The fourth-order valence-corrected chi connectivity index (χ4v) is 9.15. The first-order valence-electron chi connectivity index (χ1n) is 19.7. The monoisotopic (exact) mass is 764 g/mol. The summed E-state index contributed by atoms with van der Waals surface area (Å²) in [5.41, 5.74) is 3.10. The van der Waals surface area contributed by atoms with Gasteiger partial charge in [0.15, 0.2) is 5.82 Å². The maximum atomic E-state index is 14.1. The number of hydrogen-bond donors (Lipinski definition) is 1. The van der Waals surface area contributed by atoms with Crippen LogP contribution < -0.4 is 19.7 Å². The Labute approximate surface area is 320 Å². The number of benzene rings is 1. The maximum Gasteiger partial charge on any atom is 0.282 e. The maximum absolute atomic E-state index is 14.1. The van der Waals surface area contributed by atoms with Gasteiger partial charge in [0.25, 0.3) is 5.88 Å². The number of ether oxygens (including phenoxy) is 3. The Morgan fingerprint density at radius 1 is 1.04 bits per heavy atom. The molecule has 0 unspecified atom stereocenters. The Morgan fingerprint density at radius 2 is 1.84 bits per heavy atom. The average molecular weight is 765 g/mol. The lowest BCUT2D eigenvalue weighted by atomic mass is 9.61. The molecule has 1 N–H and O–H groups in total. The standard InChI is InChI=1S/C36H42F3N7O3.C4H9NO/c37-25-3-4-30(27(13-25)24-14-36(38,39)15-24)49-33-32(41-23-42-43-33)46-19-34(20-46)16-26(17-34)48-31-5-8-40-29-6-11-44(18-28(29)31)9-2-10-45-21-35(22-45)7-1-12-47-35;1-4(2)5-3-6/h3-5,8,13,23-24,26H,1-2,6-7,9-12,14-22H2;3-4H,1-2H3,(H,5,6). The zero-order valence-corrected chi connectivity index (χ0v) is 31.7. The van der Waals surface area contributed by atoms with E-state index in [-0.39, 0.29) is 41.9 Å². The highest BCUT2D eigenvalue weighted by Crippen LogP contribution is 2.53. The molecule has 2 aliphatic carbocycles. The summed E-state index contributed by atoms with van der Waals surface area (Å²) in [6.45, 7) is 12.6. The third kappa shape index (κ3) is 8.39. The second-order valence-corrected chi connectivity index (χ2v) is 16.7. The van der Waals surface area contributed by atoms with Crippen LogP contribution in [0.2, 0.25) is 0 Å². The van der Waals surface area contributed by atoms with Crippen LogP contribution in [0.4, 0.5) is 19.0 Å².